The molecule has 0 saturated carbocycles. The van der Waals surface area contributed by atoms with Crippen LogP contribution in [0, 0.1) is 0 Å². The van der Waals surface area contributed by atoms with Gasteiger partial charge in [0.15, 0.2) is 29.8 Å². The number of rotatable bonds is 12. The van der Waals surface area contributed by atoms with Crippen LogP contribution < -0.4 is 19.9 Å². The Hall–Kier alpha value is -4.76. The second-order valence-corrected chi connectivity index (χ2v) is 11.2. The Balaban J connectivity index is 1.35. The zero-order chi connectivity index (χ0) is 30.3. The third kappa shape index (κ3) is 6.52. The Morgan fingerprint density at radius 1 is 1.19 bits per heavy atom. The van der Waals surface area contributed by atoms with Crippen LogP contribution >= 0.6 is 23.1 Å². The van der Waals surface area contributed by atoms with Crippen molar-refractivity contribution in [2.24, 2.45) is 5.16 Å². The maximum Gasteiger partial charge on any atom is 0.355 e. The Kier molecular flexibility index (Phi) is 9.32. The number of thiazole rings is 1. The molecule has 1 saturated heterocycles. The van der Waals surface area contributed by atoms with Gasteiger partial charge in [0.05, 0.1) is 7.11 Å². The Labute approximate surface area is 254 Å². The summed E-state index contributed by atoms with van der Waals surface area (Å²) in [4.78, 5) is 61.3. The van der Waals surface area contributed by atoms with Crippen molar-refractivity contribution in [1.82, 2.24) is 15.2 Å². The molecule has 1 aromatic carbocycles. The lowest BCUT2D eigenvalue weighted by Gasteiger charge is -2.49. The fraction of sp³-hybridized carbons (Fsp3) is 0.250. The molecule has 3 aromatic rings. The van der Waals surface area contributed by atoms with E-state index in [4.69, 9.17) is 14.3 Å². The van der Waals surface area contributed by atoms with Gasteiger partial charge in [0.1, 0.15) is 42.3 Å². The van der Waals surface area contributed by atoms with E-state index in [1.165, 1.54) is 29.2 Å². The van der Waals surface area contributed by atoms with Crippen molar-refractivity contribution in [2.45, 2.75) is 24.6 Å². The van der Waals surface area contributed by atoms with Crippen molar-refractivity contribution >= 4 is 58.1 Å². The number of oxime groups is 1. The number of thioether (sulfide) groups is 1. The number of nitrogens with zero attached hydrogens (tertiary/aromatic N) is 4. The number of carbonyl (C=O) groups excluding carboxylic acids is 4. The number of benzene rings is 1. The number of aromatic nitrogens is 2. The molecule has 15 heteroatoms. The van der Waals surface area contributed by atoms with Crippen LogP contribution in [0.5, 0.6) is 5.75 Å². The summed E-state index contributed by atoms with van der Waals surface area (Å²) in [7, 11) is 2.84. The van der Waals surface area contributed by atoms with Crippen molar-refractivity contribution in [3.8, 4) is 5.75 Å². The summed E-state index contributed by atoms with van der Waals surface area (Å²) in [6.07, 6.45) is 4.21. The number of carbonyl (C=O) groups is 4. The van der Waals surface area contributed by atoms with Crippen molar-refractivity contribution < 1.29 is 38.1 Å². The number of esters is 1. The van der Waals surface area contributed by atoms with Gasteiger partial charge in [-0.25, -0.2) is 14.3 Å². The number of hydrogen-bond donors (Lipinski definition) is 2. The second-order valence-electron chi connectivity index (χ2n) is 9.21. The van der Waals surface area contributed by atoms with Gasteiger partial charge in [-0.2, -0.15) is 0 Å². The summed E-state index contributed by atoms with van der Waals surface area (Å²) in [5, 5.41) is 10.1. The number of amides is 3. The first kappa shape index (κ1) is 29.7. The third-order valence-electron chi connectivity index (χ3n) is 6.53. The van der Waals surface area contributed by atoms with Crippen LogP contribution in [0.3, 0.4) is 0 Å². The lowest BCUT2D eigenvalue weighted by molar-refractivity contribution is -0.689. The first-order valence-corrected chi connectivity index (χ1v) is 14.8. The molecule has 0 aliphatic carbocycles. The second kappa shape index (κ2) is 13.5. The SMILES string of the molecule is CON=C(C(=O)NC1C(=O)N2C(C(=O)OCc3ccc(OC)cc3)=C(C[n+]3ccccc3)CS[C@@H]12)c1csc(NC=O)n1. The van der Waals surface area contributed by atoms with Gasteiger partial charge in [0.2, 0.25) is 6.41 Å². The van der Waals surface area contributed by atoms with Crippen molar-refractivity contribution in [3.63, 3.8) is 0 Å². The highest BCUT2D eigenvalue weighted by Crippen LogP contribution is 2.41. The Bertz CT molecular complexity index is 1580. The smallest absolute Gasteiger partial charge is 0.355 e. The predicted octanol–water partition coefficient (Wildman–Crippen LogP) is 1.46. The normalized spacial score (nSPS) is 17.9. The fourth-order valence-electron chi connectivity index (χ4n) is 4.50. The van der Waals surface area contributed by atoms with Gasteiger partial charge in [-0.15, -0.1) is 23.1 Å². The standard InChI is InChI=1S/C28H26N6O7S2/c1-39-19-8-6-17(7-9-19)13-41-27(38)23-18(12-33-10-4-3-5-11-33)14-42-26-22(25(37)34(23)26)31-24(36)21(32-40-2)20-15-43-28(30-20)29-16-35/h3-11,15-16,22,26H,12-14H2,1-2H3,(H-,29,30,31,35,36)/p+1/t22?,26-/m0/s1. The average Bonchev–Trinajstić information content (AvgIpc) is 3.50. The highest BCUT2D eigenvalue weighted by Gasteiger charge is 2.55. The fourth-order valence-corrected chi connectivity index (χ4v) is 6.49. The largest absolute Gasteiger partial charge is 0.497 e. The number of hydrogen-bond acceptors (Lipinski definition) is 11. The van der Waals surface area contributed by atoms with Crippen LogP contribution in [0.15, 0.2) is 76.7 Å². The summed E-state index contributed by atoms with van der Waals surface area (Å²) in [6, 6.07) is 11.8. The molecule has 222 valence electrons. The summed E-state index contributed by atoms with van der Waals surface area (Å²) < 4.78 is 12.8. The molecule has 5 rings (SSSR count). The first-order valence-electron chi connectivity index (χ1n) is 12.9. The van der Waals surface area contributed by atoms with Crippen molar-refractivity contribution in [3.05, 3.63) is 82.8 Å². The van der Waals surface area contributed by atoms with Gasteiger partial charge in [-0.05, 0) is 17.7 Å². The number of anilines is 1. The molecule has 2 N–H and O–H groups in total. The molecule has 3 amide bonds. The van der Waals surface area contributed by atoms with E-state index in [0.29, 0.717) is 24.5 Å². The Morgan fingerprint density at radius 2 is 1.95 bits per heavy atom. The highest BCUT2D eigenvalue weighted by molar-refractivity contribution is 8.00. The number of nitrogens with one attached hydrogen (secondary N) is 2. The van der Waals surface area contributed by atoms with E-state index in [1.807, 2.05) is 35.2 Å². The highest BCUT2D eigenvalue weighted by atomic mass is 32.2. The summed E-state index contributed by atoms with van der Waals surface area (Å²) in [5.41, 5.74) is 1.64. The summed E-state index contributed by atoms with van der Waals surface area (Å²) in [6.45, 7) is 0.378. The van der Waals surface area contributed by atoms with Crippen LogP contribution in [-0.4, -0.2) is 71.2 Å². The first-order chi connectivity index (χ1) is 20.9. The minimum Gasteiger partial charge on any atom is -0.497 e. The van der Waals surface area contributed by atoms with Gasteiger partial charge in [0.25, 0.3) is 11.8 Å². The molecule has 2 aliphatic rings. The van der Waals surface area contributed by atoms with Crippen LogP contribution in [-0.2, 0) is 41.9 Å². The van der Waals surface area contributed by atoms with Crippen LogP contribution in [0.25, 0.3) is 0 Å². The van der Waals surface area contributed by atoms with Crippen LogP contribution in [0.2, 0.25) is 0 Å². The van der Waals surface area contributed by atoms with E-state index in [1.54, 1.807) is 31.4 Å². The average molecular weight is 624 g/mol. The van der Waals surface area contributed by atoms with E-state index < -0.39 is 29.2 Å². The predicted molar refractivity (Wildman–Crippen MR) is 157 cm³/mol. The molecular weight excluding hydrogens is 596 g/mol. The molecule has 43 heavy (non-hydrogen) atoms. The van der Waals surface area contributed by atoms with Gasteiger partial charge >= 0.3 is 5.97 Å². The molecule has 4 heterocycles. The quantitative estimate of drug-likeness (QED) is 0.0763. The molecule has 1 unspecified atom stereocenters. The Morgan fingerprint density at radius 3 is 2.65 bits per heavy atom. The molecule has 0 radical (unpaired) electrons. The zero-order valence-electron chi connectivity index (χ0n) is 23.1. The number of β-lactam (4-membered cyclic amide) rings is 1. The van der Waals surface area contributed by atoms with E-state index in [0.717, 1.165) is 22.5 Å². The van der Waals surface area contributed by atoms with Gasteiger partial charge < -0.3 is 24.9 Å². The van der Waals surface area contributed by atoms with E-state index in [2.05, 4.69) is 20.8 Å². The summed E-state index contributed by atoms with van der Waals surface area (Å²) in [5.74, 6) is -0.679. The maximum absolute atomic E-state index is 13.5. The summed E-state index contributed by atoms with van der Waals surface area (Å²) >= 11 is 2.53. The van der Waals surface area contributed by atoms with Crippen LogP contribution in [0.1, 0.15) is 11.3 Å². The minimum absolute atomic E-state index is 0.00350. The molecule has 2 aromatic heterocycles. The molecule has 0 spiro atoms. The number of methoxy groups -OCH3 is 1. The molecule has 2 atom stereocenters. The van der Waals surface area contributed by atoms with E-state index in [-0.39, 0.29) is 28.8 Å². The molecule has 1 fully saturated rings. The molecule has 2 aliphatic heterocycles. The van der Waals surface area contributed by atoms with Crippen LogP contribution in [0.4, 0.5) is 5.13 Å². The van der Waals surface area contributed by atoms with Gasteiger partial charge in [-0.3, -0.25) is 19.3 Å². The molecule has 0 bridgehead atoms. The third-order valence-corrected chi connectivity index (χ3v) is 8.65. The monoisotopic (exact) mass is 623 g/mol. The zero-order valence-corrected chi connectivity index (χ0v) is 24.7. The van der Waals surface area contributed by atoms with Crippen molar-refractivity contribution in [1.29, 1.82) is 0 Å². The minimum atomic E-state index is -0.930. The number of ether oxygens (including phenoxy) is 2. The van der Waals surface area contributed by atoms with E-state index >= 15 is 0 Å². The van der Waals surface area contributed by atoms with Gasteiger partial charge in [-0.1, -0.05) is 23.4 Å². The lowest BCUT2D eigenvalue weighted by atomic mass is 10.0. The van der Waals surface area contributed by atoms with Gasteiger partial charge in [0, 0.05) is 28.8 Å². The van der Waals surface area contributed by atoms with E-state index in [9.17, 15) is 19.2 Å². The topological polar surface area (TPSA) is 152 Å². The number of pyridine rings is 1. The molecule has 13 nitrogen and oxygen atoms in total. The lowest BCUT2D eigenvalue weighted by Crippen LogP contribution is -2.71. The van der Waals surface area contributed by atoms with Crippen molar-refractivity contribution in [2.75, 3.05) is 25.3 Å². The maximum atomic E-state index is 13.5. The molecular formula is C28H27N6O7S2+. The number of fused-ring (bicyclic) bond motifs is 1.